The maximum absolute atomic E-state index is 12.3. The molecule has 0 aromatic heterocycles. The number of hydrogen-bond acceptors (Lipinski definition) is 3. The zero-order chi connectivity index (χ0) is 17.2. The van der Waals surface area contributed by atoms with Gasteiger partial charge in [-0.1, -0.05) is 24.3 Å². The maximum atomic E-state index is 12.3. The van der Waals surface area contributed by atoms with Crippen molar-refractivity contribution in [2.24, 2.45) is 0 Å². The van der Waals surface area contributed by atoms with Gasteiger partial charge < -0.3 is 14.7 Å². The minimum Gasteiger partial charge on any atom is -0.478 e. The molecule has 5 nitrogen and oxygen atoms in total. The molecule has 0 bridgehead atoms. The summed E-state index contributed by atoms with van der Waals surface area (Å²) in [7, 11) is 0. The first kappa shape index (κ1) is 17.1. The van der Waals surface area contributed by atoms with Gasteiger partial charge >= 0.3 is 12.1 Å². The van der Waals surface area contributed by atoms with Gasteiger partial charge in [0, 0.05) is 12.1 Å². The lowest BCUT2D eigenvalue weighted by atomic mass is 9.91. The van der Waals surface area contributed by atoms with Crippen molar-refractivity contribution >= 4 is 17.6 Å². The number of carboxylic acids is 1. The normalized spacial score (nSPS) is 15.6. The van der Waals surface area contributed by atoms with Crippen LogP contribution >= 0.6 is 0 Å². The highest BCUT2D eigenvalue weighted by Crippen LogP contribution is 2.29. The number of aliphatic carboxylic acids is 1. The van der Waals surface area contributed by atoms with Crippen LogP contribution in [0.15, 0.2) is 29.8 Å². The van der Waals surface area contributed by atoms with E-state index < -0.39 is 17.7 Å². The van der Waals surface area contributed by atoms with Crippen LogP contribution in [-0.4, -0.2) is 40.8 Å². The van der Waals surface area contributed by atoms with Gasteiger partial charge in [0.05, 0.1) is 6.54 Å². The summed E-state index contributed by atoms with van der Waals surface area (Å²) < 4.78 is 5.40. The molecule has 1 aliphatic rings. The zero-order valence-electron chi connectivity index (χ0n) is 14.0. The summed E-state index contributed by atoms with van der Waals surface area (Å²) in [5, 5.41) is 9.48. The van der Waals surface area contributed by atoms with E-state index in [2.05, 4.69) is 0 Å². The predicted molar refractivity (Wildman–Crippen MR) is 88.2 cm³/mol. The summed E-state index contributed by atoms with van der Waals surface area (Å²) in [4.78, 5) is 25.4. The lowest BCUT2D eigenvalue weighted by Gasteiger charge is -2.32. The van der Waals surface area contributed by atoms with Crippen molar-refractivity contribution in [3.8, 4) is 0 Å². The van der Waals surface area contributed by atoms with Gasteiger partial charge in [-0.3, -0.25) is 0 Å². The summed E-state index contributed by atoms with van der Waals surface area (Å²) in [6, 6.07) is 7.62. The molecule has 5 heteroatoms. The average molecular weight is 317 g/mol. The van der Waals surface area contributed by atoms with Gasteiger partial charge in [0.2, 0.25) is 0 Å². The monoisotopic (exact) mass is 317 g/mol. The van der Waals surface area contributed by atoms with Gasteiger partial charge in [0.15, 0.2) is 0 Å². The van der Waals surface area contributed by atoms with E-state index in [1.807, 2.05) is 52.0 Å². The molecule has 1 heterocycles. The van der Waals surface area contributed by atoms with E-state index in [-0.39, 0.29) is 6.54 Å². The smallest absolute Gasteiger partial charge is 0.410 e. The highest BCUT2D eigenvalue weighted by Gasteiger charge is 2.30. The van der Waals surface area contributed by atoms with Crippen LogP contribution in [-0.2, 0) is 9.53 Å². The Balaban J connectivity index is 2.34. The average Bonchev–Trinajstić information content (AvgIpc) is 2.45. The van der Waals surface area contributed by atoms with Crippen molar-refractivity contribution in [3.63, 3.8) is 0 Å². The summed E-state index contributed by atoms with van der Waals surface area (Å²) >= 11 is 0. The standard InChI is InChI=1S/C18H23NO4/c1-12-7-5-6-8-13(12)15-11-19(10-9-14(15)16(20)21)17(22)23-18(2,3)4/h5-8H,9-11H2,1-4H3,(H,20,21). The van der Waals surface area contributed by atoms with Crippen LogP contribution in [0.2, 0.25) is 0 Å². The van der Waals surface area contributed by atoms with Crippen LogP contribution in [0.3, 0.4) is 0 Å². The molecule has 0 atom stereocenters. The third-order valence-electron chi connectivity index (χ3n) is 3.73. The van der Waals surface area contributed by atoms with E-state index in [0.29, 0.717) is 24.1 Å². The fraction of sp³-hybridized carbons (Fsp3) is 0.444. The first-order chi connectivity index (χ1) is 10.7. The molecule has 0 fully saturated rings. The van der Waals surface area contributed by atoms with E-state index in [1.165, 1.54) is 0 Å². The second-order valence-corrected chi connectivity index (χ2v) is 6.73. The van der Waals surface area contributed by atoms with E-state index in [0.717, 1.165) is 11.1 Å². The molecule has 0 unspecified atom stereocenters. The lowest BCUT2D eigenvalue weighted by Crippen LogP contribution is -2.41. The van der Waals surface area contributed by atoms with Crippen molar-refractivity contribution in [1.29, 1.82) is 0 Å². The Morgan fingerprint density at radius 1 is 1.22 bits per heavy atom. The molecule has 0 radical (unpaired) electrons. The minimum absolute atomic E-state index is 0.251. The Morgan fingerprint density at radius 2 is 1.87 bits per heavy atom. The molecule has 0 spiro atoms. The van der Waals surface area contributed by atoms with Crippen molar-refractivity contribution in [1.82, 2.24) is 4.90 Å². The predicted octanol–water partition coefficient (Wildman–Crippen LogP) is 3.47. The maximum Gasteiger partial charge on any atom is 0.410 e. The van der Waals surface area contributed by atoms with Crippen molar-refractivity contribution in [3.05, 3.63) is 41.0 Å². The number of nitrogens with zero attached hydrogens (tertiary/aromatic N) is 1. The van der Waals surface area contributed by atoms with Gasteiger partial charge in [-0.25, -0.2) is 9.59 Å². The third kappa shape index (κ3) is 4.12. The van der Waals surface area contributed by atoms with Crippen LogP contribution in [0, 0.1) is 6.92 Å². The van der Waals surface area contributed by atoms with E-state index in [1.54, 1.807) is 4.90 Å². The third-order valence-corrected chi connectivity index (χ3v) is 3.73. The lowest BCUT2D eigenvalue weighted by molar-refractivity contribution is -0.132. The van der Waals surface area contributed by atoms with Crippen LogP contribution in [0.1, 0.15) is 38.3 Å². The molecule has 2 rings (SSSR count). The van der Waals surface area contributed by atoms with Gasteiger partial charge in [-0.05, 0) is 50.8 Å². The van der Waals surface area contributed by atoms with Gasteiger partial charge in [-0.15, -0.1) is 0 Å². The summed E-state index contributed by atoms with van der Waals surface area (Å²) in [5.74, 6) is -0.924. The number of rotatable bonds is 2. The zero-order valence-corrected chi connectivity index (χ0v) is 14.0. The summed E-state index contributed by atoms with van der Waals surface area (Å²) in [6.45, 7) is 7.99. The van der Waals surface area contributed by atoms with Crippen molar-refractivity contribution in [2.45, 2.75) is 39.7 Å². The largest absolute Gasteiger partial charge is 0.478 e. The SMILES string of the molecule is Cc1ccccc1C1=C(C(=O)O)CCN(C(=O)OC(C)(C)C)C1. The number of carbonyl (C=O) groups is 2. The van der Waals surface area contributed by atoms with Crippen LogP contribution < -0.4 is 0 Å². The number of ether oxygens (including phenoxy) is 1. The molecule has 1 amide bonds. The van der Waals surface area contributed by atoms with Gasteiger partial charge in [0.25, 0.3) is 0 Å². The molecule has 1 aromatic rings. The molecule has 0 saturated carbocycles. The van der Waals surface area contributed by atoms with Gasteiger partial charge in [0.1, 0.15) is 5.60 Å². The van der Waals surface area contributed by atoms with Crippen molar-refractivity contribution in [2.75, 3.05) is 13.1 Å². The molecular weight excluding hydrogens is 294 g/mol. The topological polar surface area (TPSA) is 66.8 Å². The van der Waals surface area contributed by atoms with Crippen LogP contribution in [0.5, 0.6) is 0 Å². The Bertz CT molecular complexity index is 655. The number of aryl methyl sites for hydroxylation is 1. The van der Waals surface area contributed by atoms with Crippen LogP contribution in [0.4, 0.5) is 4.79 Å². The summed E-state index contributed by atoms with van der Waals surface area (Å²) in [6.07, 6.45) is -0.0915. The number of amides is 1. The fourth-order valence-corrected chi connectivity index (χ4v) is 2.64. The summed E-state index contributed by atoms with van der Waals surface area (Å²) in [5.41, 5.74) is 2.36. The van der Waals surface area contributed by atoms with Crippen molar-refractivity contribution < 1.29 is 19.4 Å². The fourth-order valence-electron chi connectivity index (χ4n) is 2.64. The highest BCUT2D eigenvalue weighted by atomic mass is 16.6. The number of carboxylic acid groups (broad SMARTS) is 1. The highest BCUT2D eigenvalue weighted by molar-refractivity contribution is 5.98. The molecule has 0 aliphatic carbocycles. The van der Waals surface area contributed by atoms with E-state index in [9.17, 15) is 14.7 Å². The minimum atomic E-state index is -0.924. The molecule has 23 heavy (non-hydrogen) atoms. The molecule has 124 valence electrons. The molecule has 1 aromatic carbocycles. The Labute approximate surface area is 136 Å². The Hall–Kier alpha value is -2.30. The second-order valence-electron chi connectivity index (χ2n) is 6.73. The van der Waals surface area contributed by atoms with Gasteiger partial charge in [-0.2, -0.15) is 0 Å². The Morgan fingerprint density at radius 3 is 2.43 bits per heavy atom. The first-order valence-corrected chi connectivity index (χ1v) is 7.68. The molecule has 1 N–H and O–H groups in total. The molecular formula is C18H23NO4. The van der Waals surface area contributed by atoms with Crippen LogP contribution in [0.25, 0.3) is 5.57 Å². The van der Waals surface area contributed by atoms with E-state index in [4.69, 9.17) is 4.74 Å². The Kier molecular flexibility index (Phi) is 4.78. The molecule has 0 saturated heterocycles. The van der Waals surface area contributed by atoms with E-state index >= 15 is 0 Å². The first-order valence-electron chi connectivity index (χ1n) is 7.68. The quantitative estimate of drug-likeness (QED) is 0.907. The second kappa shape index (κ2) is 6.44. The number of benzene rings is 1. The number of hydrogen-bond donors (Lipinski definition) is 1. The molecule has 1 aliphatic heterocycles. The number of carbonyl (C=O) groups excluding carboxylic acids is 1.